The molecule has 1 aromatic rings. The molecule has 0 aliphatic heterocycles. The van der Waals surface area contributed by atoms with Crippen molar-refractivity contribution in [1.82, 2.24) is 4.83 Å². The second-order valence-corrected chi connectivity index (χ2v) is 4.85. The van der Waals surface area contributed by atoms with Gasteiger partial charge in [-0.25, -0.2) is 0 Å². The predicted octanol–water partition coefficient (Wildman–Crippen LogP) is 1.65. The number of nitrogens with zero attached hydrogens (tertiary/aromatic N) is 1. The highest BCUT2D eigenvalue weighted by atomic mass is 127. The summed E-state index contributed by atoms with van der Waals surface area (Å²) >= 11 is 1.83. The normalized spacial score (nSPS) is 11.9. The van der Waals surface area contributed by atoms with Crippen molar-refractivity contribution in [3.8, 4) is 0 Å². The topological polar surface area (TPSA) is 58.5 Å². The minimum Gasteiger partial charge on any atom is -0.200 e. The molecule has 0 aromatic heterocycles. The molecule has 76 valence electrons. The van der Waals surface area contributed by atoms with E-state index in [1.165, 1.54) is 4.22 Å². The minimum absolute atomic E-state index is 0.213. The van der Waals surface area contributed by atoms with Gasteiger partial charge in [0, 0.05) is 0 Å². The van der Waals surface area contributed by atoms with E-state index in [2.05, 4.69) is 9.93 Å². The minimum atomic E-state index is -3.49. The van der Waals surface area contributed by atoms with E-state index >= 15 is 0 Å². The van der Waals surface area contributed by atoms with E-state index in [4.69, 9.17) is 0 Å². The lowest BCUT2D eigenvalue weighted by atomic mass is 10.2. The van der Waals surface area contributed by atoms with Gasteiger partial charge in [-0.05, 0) is 41.6 Å². The van der Waals surface area contributed by atoms with Crippen molar-refractivity contribution in [2.24, 2.45) is 5.10 Å². The number of hydrogen-bond donors (Lipinski definition) is 1. The summed E-state index contributed by atoms with van der Waals surface area (Å²) in [4.78, 5) is 2.29. The van der Waals surface area contributed by atoms with E-state index in [1.807, 2.05) is 29.5 Å². The molecule has 0 atom stereocenters. The maximum atomic E-state index is 11.5. The average Bonchev–Trinajstić information content (AvgIpc) is 2.16. The van der Waals surface area contributed by atoms with Crippen LogP contribution in [0.4, 0.5) is 0 Å². The molecule has 0 spiro atoms. The van der Waals surface area contributed by atoms with Gasteiger partial charge in [-0.2, -0.15) is 18.4 Å². The van der Waals surface area contributed by atoms with E-state index in [0.29, 0.717) is 0 Å². The summed E-state index contributed by atoms with van der Waals surface area (Å²) in [6.45, 7) is 1.90. The molecule has 0 bridgehead atoms. The predicted molar refractivity (Wildman–Crippen MR) is 64.0 cm³/mol. The van der Waals surface area contributed by atoms with Gasteiger partial charge in [-0.1, -0.05) is 17.7 Å². The number of rotatable bonds is 3. The highest BCUT2D eigenvalue weighted by Gasteiger charge is 2.11. The van der Waals surface area contributed by atoms with Crippen molar-refractivity contribution in [2.75, 3.05) is 0 Å². The summed E-state index contributed by atoms with van der Waals surface area (Å²) in [6, 6.07) is 6.56. The molecule has 0 amide bonds. The molecule has 0 fully saturated rings. The van der Waals surface area contributed by atoms with Gasteiger partial charge >= 0.3 is 0 Å². The van der Waals surface area contributed by atoms with Crippen LogP contribution in [0.5, 0.6) is 0 Å². The lowest BCUT2D eigenvalue weighted by Crippen LogP contribution is -2.17. The first-order valence-electron chi connectivity index (χ1n) is 3.76. The Kier molecular flexibility index (Phi) is 3.87. The molecule has 0 radical (unpaired) electrons. The fraction of sp³-hybridized carbons (Fsp3) is 0.125. The van der Waals surface area contributed by atoms with E-state index in [9.17, 15) is 8.42 Å². The fourth-order valence-electron chi connectivity index (χ4n) is 0.859. The van der Waals surface area contributed by atoms with E-state index in [0.717, 1.165) is 5.56 Å². The van der Waals surface area contributed by atoms with Crippen LogP contribution >= 0.6 is 22.6 Å². The van der Waals surface area contributed by atoms with Crippen LogP contribution < -0.4 is 4.83 Å². The number of hydrogen-bond acceptors (Lipinski definition) is 3. The molecular weight excluding hydrogens is 315 g/mol. The first-order chi connectivity index (χ1) is 6.56. The van der Waals surface area contributed by atoms with E-state index in [-0.39, 0.29) is 4.90 Å². The number of sulfonamides is 1. The van der Waals surface area contributed by atoms with Crippen LogP contribution in [-0.4, -0.2) is 12.6 Å². The fourth-order valence-corrected chi connectivity index (χ4v) is 1.98. The quantitative estimate of drug-likeness (QED) is 0.522. The first-order valence-corrected chi connectivity index (χ1v) is 6.49. The van der Waals surface area contributed by atoms with Crippen LogP contribution in [0, 0.1) is 6.92 Å². The monoisotopic (exact) mass is 324 g/mol. The maximum Gasteiger partial charge on any atom is 0.276 e. The Morgan fingerprint density at radius 3 is 2.43 bits per heavy atom. The van der Waals surface area contributed by atoms with Gasteiger partial charge in [-0.15, -0.1) is 0 Å². The zero-order valence-corrected chi connectivity index (χ0v) is 10.4. The highest BCUT2D eigenvalue weighted by molar-refractivity contribution is 14.1. The second kappa shape index (κ2) is 4.74. The molecule has 0 saturated heterocycles. The average molecular weight is 324 g/mol. The molecule has 0 heterocycles. The smallest absolute Gasteiger partial charge is 0.200 e. The van der Waals surface area contributed by atoms with Crippen LogP contribution in [0.15, 0.2) is 34.3 Å². The first kappa shape index (κ1) is 11.4. The van der Waals surface area contributed by atoms with Gasteiger partial charge in [0.25, 0.3) is 10.0 Å². The summed E-state index contributed by atoms with van der Waals surface area (Å²) < 4.78 is 24.3. The number of nitrogens with one attached hydrogen (secondary N) is 1. The van der Waals surface area contributed by atoms with Crippen LogP contribution in [-0.2, 0) is 10.0 Å². The van der Waals surface area contributed by atoms with E-state index < -0.39 is 10.0 Å². The Hall–Kier alpha value is -0.630. The Morgan fingerprint density at radius 1 is 1.36 bits per heavy atom. The SMILES string of the molecule is Cc1ccc(S(=O)(=O)N/N=C/I)cc1. The van der Waals surface area contributed by atoms with E-state index in [1.54, 1.807) is 24.3 Å². The standard InChI is InChI=1S/C8H9IN2O2S/c1-7-2-4-8(5-3-7)14(12,13)11-10-6-9/h2-6,11H,1H3/b10-6+. The Labute approximate surface area is 96.6 Å². The second-order valence-electron chi connectivity index (χ2n) is 2.63. The van der Waals surface area contributed by atoms with Gasteiger partial charge in [0.2, 0.25) is 0 Å². The van der Waals surface area contributed by atoms with Crippen LogP contribution in [0.3, 0.4) is 0 Å². The van der Waals surface area contributed by atoms with Gasteiger partial charge < -0.3 is 0 Å². The Balaban J connectivity index is 2.99. The van der Waals surface area contributed by atoms with Crippen molar-refractivity contribution < 1.29 is 8.42 Å². The third kappa shape index (κ3) is 2.95. The number of aryl methyl sites for hydroxylation is 1. The lowest BCUT2D eigenvalue weighted by Gasteiger charge is -2.02. The zero-order valence-electron chi connectivity index (χ0n) is 7.44. The van der Waals surface area contributed by atoms with Gasteiger partial charge in [0.05, 0.1) is 9.12 Å². The molecule has 6 heteroatoms. The third-order valence-corrected chi connectivity index (χ3v) is 3.07. The van der Waals surface area contributed by atoms with Crippen molar-refractivity contribution in [3.63, 3.8) is 0 Å². The molecule has 0 unspecified atom stereocenters. The third-order valence-electron chi connectivity index (χ3n) is 1.55. The summed E-state index contributed by atoms with van der Waals surface area (Å²) in [5, 5.41) is 3.47. The molecule has 1 aromatic carbocycles. The Morgan fingerprint density at radius 2 is 1.93 bits per heavy atom. The van der Waals surface area contributed by atoms with Crippen LogP contribution in [0.2, 0.25) is 0 Å². The van der Waals surface area contributed by atoms with Crippen molar-refractivity contribution in [2.45, 2.75) is 11.8 Å². The molecule has 1 rings (SSSR count). The molecule has 0 aliphatic carbocycles. The molecule has 0 saturated carbocycles. The highest BCUT2D eigenvalue weighted by Crippen LogP contribution is 2.09. The molecule has 14 heavy (non-hydrogen) atoms. The number of halogens is 1. The van der Waals surface area contributed by atoms with Crippen molar-refractivity contribution >= 4 is 36.8 Å². The van der Waals surface area contributed by atoms with Gasteiger partial charge in [-0.3, -0.25) is 0 Å². The van der Waals surface area contributed by atoms with Crippen LogP contribution in [0.1, 0.15) is 5.56 Å². The summed E-state index contributed by atoms with van der Waals surface area (Å²) in [7, 11) is -3.49. The summed E-state index contributed by atoms with van der Waals surface area (Å²) in [6.07, 6.45) is 0. The molecule has 1 N–H and O–H groups in total. The Bertz CT molecular complexity index is 425. The largest absolute Gasteiger partial charge is 0.276 e. The van der Waals surface area contributed by atoms with Gasteiger partial charge in [0.1, 0.15) is 0 Å². The zero-order chi connectivity index (χ0) is 10.6. The lowest BCUT2D eigenvalue weighted by molar-refractivity contribution is 0.585. The number of hydrazone groups is 1. The maximum absolute atomic E-state index is 11.5. The molecular formula is C8H9IN2O2S. The molecule has 0 aliphatic rings. The van der Waals surface area contributed by atoms with Crippen molar-refractivity contribution in [1.29, 1.82) is 0 Å². The van der Waals surface area contributed by atoms with Crippen LogP contribution in [0.25, 0.3) is 0 Å². The van der Waals surface area contributed by atoms with Crippen molar-refractivity contribution in [3.05, 3.63) is 29.8 Å². The summed E-state index contributed by atoms with van der Waals surface area (Å²) in [5.41, 5.74) is 1.02. The van der Waals surface area contributed by atoms with Gasteiger partial charge in [0.15, 0.2) is 0 Å². The summed E-state index contributed by atoms with van der Waals surface area (Å²) in [5.74, 6) is 0. The molecule has 4 nitrogen and oxygen atoms in total. The number of benzene rings is 1.